The summed E-state index contributed by atoms with van der Waals surface area (Å²) in [6.07, 6.45) is 0.0748. The average Bonchev–Trinajstić information content (AvgIpc) is 2.77. The molecule has 0 unspecified atom stereocenters. The molecule has 0 saturated carbocycles. The second-order valence-corrected chi connectivity index (χ2v) is 10.2. The summed E-state index contributed by atoms with van der Waals surface area (Å²) in [6.45, 7) is 5.67. The number of ether oxygens (including phenoxy) is 1. The molecular weight excluding hydrogens is 460 g/mol. The lowest BCUT2D eigenvalue weighted by molar-refractivity contribution is -0.119. The summed E-state index contributed by atoms with van der Waals surface area (Å²) in [5.74, 6) is 0.330. The van der Waals surface area contributed by atoms with Gasteiger partial charge >= 0.3 is 0 Å². The van der Waals surface area contributed by atoms with Gasteiger partial charge < -0.3 is 10.1 Å². The number of nitrogens with one attached hydrogen (secondary N) is 1. The van der Waals surface area contributed by atoms with E-state index in [1.807, 2.05) is 51.1 Å². The lowest BCUT2D eigenvalue weighted by Gasteiger charge is -2.24. The van der Waals surface area contributed by atoms with E-state index in [-0.39, 0.29) is 24.1 Å². The summed E-state index contributed by atoms with van der Waals surface area (Å²) >= 11 is 5.92. The Labute approximate surface area is 200 Å². The van der Waals surface area contributed by atoms with Crippen molar-refractivity contribution in [1.82, 2.24) is 5.32 Å². The predicted octanol–water partition coefficient (Wildman–Crippen LogP) is 4.95. The van der Waals surface area contributed by atoms with E-state index in [2.05, 4.69) is 5.32 Å². The SMILES string of the molecule is Cc1cccc(N(CC(=O)NCc2ccc(OC(C)C)cc2)S(=O)(=O)c2ccc(Cl)cc2)c1. The van der Waals surface area contributed by atoms with Gasteiger partial charge in [0.25, 0.3) is 10.0 Å². The van der Waals surface area contributed by atoms with Crippen LogP contribution in [0.15, 0.2) is 77.7 Å². The van der Waals surface area contributed by atoms with E-state index in [1.165, 1.54) is 24.3 Å². The number of rotatable bonds is 9. The predicted molar refractivity (Wildman–Crippen MR) is 131 cm³/mol. The zero-order valence-electron chi connectivity index (χ0n) is 18.8. The molecule has 3 aromatic carbocycles. The van der Waals surface area contributed by atoms with Gasteiger partial charge in [-0.25, -0.2) is 8.42 Å². The first-order valence-electron chi connectivity index (χ1n) is 10.5. The fourth-order valence-corrected chi connectivity index (χ4v) is 4.72. The fraction of sp³-hybridized carbons (Fsp3) is 0.240. The molecule has 6 nitrogen and oxygen atoms in total. The monoisotopic (exact) mass is 486 g/mol. The average molecular weight is 487 g/mol. The molecule has 0 aliphatic rings. The van der Waals surface area contributed by atoms with Crippen LogP contribution in [0.25, 0.3) is 0 Å². The van der Waals surface area contributed by atoms with Gasteiger partial charge in [0.1, 0.15) is 12.3 Å². The Morgan fingerprint density at radius 1 is 1.03 bits per heavy atom. The van der Waals surface area contributed by atoms with Gasteiger partial charge in [-0.2, -0.15) is 0 Å². The van der Waals surface area contributed by atoms with Crippen molar-refractivity contribution in [2.45, 2.75) is 38.3 Å². The van der Waals surface area contributed by atoms with E-state index in [9.17, 15) is 13.2 Å². The number of nitrogens with zero attached hydrogens (tertiary/aromatic N) is 1. The second kappa shape index (κ2) is 10.7. The van der Waals surface area contributed by atoms with Crippen molar-refractivity contribution in [1.29, 1.82) is 0 Å². The van der Waals surface area contributed by atoms with Crippen molar-refractivity contribution in [3.05, 3.63) is 88.9 Å². The molecule has 0 radical (unpaired) electrons. The first kappa shape index (κ1) is 24.6. The minimum Gasteiger partial charge on any atom is -0.491 e. The number of halogens is 1. The van der Waals surface area contributed by atoms with Crippen molar-refractivity contribution >= 4 is 33.2 Å². The van der Waals surface area contributed by atoms with Gasteiger partial charge in [-0.1, -0.05) is 35.9 Å². The standard InChI is InChI=1S/C25H27ClN2O4S/c1-18(2)32-23-11-7-20(8-12-23)16-27-25(29)17-28(22-6-4-5-19(3)15-22)33(30,31)24-13-9-21(26)10-14-24/h4-15,18H,16-17H2,1-3H3,(H,27,29). The smallest absolute Gasteiger partial charge is 0.264 e. The molecule has 0 bridgehead atoms. The molecule has 0 aromatic heterocycles. The van der Waals surface area contributed by atoms with E-state index in [0.717, 1.165) is 21.2 Å². The third-order valence-electron chi connectivity index (χ3n) is 4.76. The molecule has 1 N–H and O–H groups in total. The van der Waals surface area contributed by atoms with Gasteiger partial charge in [-0.05, 0) is 80.4 Å². The molecule has 0 spiro atoms. The molecule has 0 atom stereocenters. The Morgan fingerprint density at radius 2 is 1.70 bits per heavy atom. The molecule has 174 valence electrons. The van der Waals surface area contributed by atoms with Crippen LogP contribution < -0.4 is 14.4 Å². The maximum Gasteiger partial charge on any atom is 0.264 e. The number of carbonyl (C=O) groups is 1. The third-order valence-corrected chi connectivity index (χ3v) is 6.80. The summed E-state index contributed by atoms with van der Waals surface area (Å²) in [4.78, 5) is 12.8. The van der Waals surface area contributed by atoms with Crippen LogP contribution in [0.3, 0.4) is 0 Å². The zero-order chi connectivity index (χ0) is 24.0. The summed E-state index contributed by atoms with van der Waals surface area (Å²) in [7, 11) is -3.99. The van der Waals surface area contributed by atoms with Crippen LogP contribution in [0.5, 0.6) is 5.75 Å². The van der Waals surface area contributed by atoms with Crippen LogP contribution in [0.2, 0.25) is 5.02 Å². The van der Waals surface area contributed by atoms with E-state index in [4.69, 9.17) is 16.3 Å². The highest BCUT2D eigenvalue weighted by Gasteiger charge is 2.27. The van der Waals surface area contributed by atoms with Crippen LogP contribution in [-0.4, -0.2) is 27.0 Å². The molecule has 8 heteroatoms. The quantitative estimate of drug-likeness (QED) is 0.464. The second-order valence-electron chi connectivity index (χ2n) is 7.89. The number of benzene rings is 3. The molecule has 0 heterocycles. The van der Waals surface area contributed by atoms with Crippen LogP contribution in [-0.2, 0) is 21.4 Å². The number of carbonyl (C=O) groups excluding carboxylic acids is 1. The molecule has 33 heavy (non-hydrogen) atoms. The number of anilines is 1. The van der Waals surface area contributed by atoms with Gasteiger partial charge in [0.2, 0.25) is 5.91 Å². The van der Waals surface area contributed by atoms with Gasteiger partial charge in [-0.15, -0.1) is 0 Å². The molecular formula is C25H27ClN2O4S. The summed E-state index contributed by atoms with van der Waals surface area (Å²) < 4.78 is 33.5. The van der Waals surface area contributed by atoms with Gasteiger partial charge in [-0.3, -0.25) is 9.10 Å². The first-order valence-corrected chi connectivity index (χ1v) is 12.3. The van der Waals surface area contributed by atoms with Crippen molar-refractivity contribution in [3.8, 4) is 5.75 Å². The number of sulfonamides is 1. The number of hydrogen-bond acceptors (Lipinski definition) is 4. The van der Waals surface area contributed by atoms with Gasteiger partial charge in [0, 0.05) is 11.6 Å². The van der Waals surface area contributed by atoms with Crippen molar-refractivity contribution in [2.24, 2.45) is 0 Å². The first-order chi connectivity index (χ1) is 15.6. The maximum atomic E-state index is 13.4. The minimum atomic E-state index is -3.99. The van der Waals surface area contributed by atoms with E-state index < -0.39 is 15.9 Å². The number of aryl methyl sites for hydroxylation is 1. The highest BCUT2D eigenvalue weighted by Crippen LogP contribution is 2.25. The highest BCUT2D eigenvalue weighted by atomic mass is 35.5. The molecule has 0 aliphatic carbocycles. The Balaban J connectivity index is 1.77. The Bertz CT molecular complexity index is 1190. The van der Waals surface area contributed by atoms with Gasteiger partial charge in [0.05, 0.1) is 16.7 Å². The highest BCUT2D eigenvalue weighted by molar-refractivity contribution is 7.92. The van der Waals surface area contributed by atoms with Crippen molar-refractivity contribution < 1.29 is 17.9 Å². The van der Waals surface area contributed by atoms with Crippen LogP contribution in [0, 0.1) is 6.92 Å². The van der Waals surface area contributed by atoms with Gasteiger partial charge in [0.15, 0.2) is 0 Å². The van der Waals surface area contributed by atoms with Crippen LogP contribution in [0.4, 0.5) is 5.69 Å². The number of amides is 1. The van der Waals surface area contributed by atoms with E-state index >= 15 is 0 Å². The minimum absolute atomic E-state index is 0.0574. The topological polar surface area (TPSA) is 75.7 Å². The number of hydrogen-bond donors (Lipinski definition) is 1. The maximum absolute atomic E-state index is 13.4. The van der Waals surface area contributed by atoms with Crippen molar-refractivity contribution in [2.75, 3.05) is 10.8 Å². The Hall–Kier alpha value is -3.03. The summed E-state index contributed by atoms with van der Waals surface area (Å²) in [6, 6.07) is 20.3. The van der Waals surface area contributed by atoms with E-state index in [1.54, 1.807) is 18.2 Å². The summed E-state index contributed by atoms with van der Waals surface area (Å²) in [5.41, 5.74) is 2.17. The molecule has 0 saturated heterocycles. The molecule has 1 amide bonds. The zero-order valence-corrected chi connectivity index (χ0v) is 20.4. The van der Waals surface area contributed by atoms with Crippen LogP contribution >= 0.6 is 11.6 Å². The van der Waals surface area contributed by atoms with E-state index in [0.29, 0.717) is 10.7 Å². The molecule has 3 aromatic rings. The Kier molecular flexibility index (Phi) is 8.00. The molecule has 0 fully saturated rings. The molecule has 0 aliphatic heterocycles. The lowest BCUT2D eigenvalue weighted by atomic mass is 10.2. The largest absolute Gasteiger partial charge is 0.491 e. The normalized spacial score (nSPS) is 11.3. The Morgan fingerprint density at radius 3 is 2.30 bits per heavy atom. The fourth-order valence-electron chi connectivity index (χ4n) is 3.18. The summed E-state index contributed by atoms with van der Waals surface area (Å²) in [5, 5.41) is 3.23. The third kappa shape index (κ3) is 6.73. The molecule has 3 rings (SSSR count). The van der Waals surface area contributed by atoms with Crippen LogP contribution in [0.1, 0.15) is 25.0 Å². The van der Waals surface area contributed by atoms with Crippen molar-refractivity contribution in [3.63, 3.8) is 0 Å². The lowest BCUT2D eigenvalue weighted by Crippen LogP contribution is -2.40.